The first-order valence-corrected chi connectivity index (χ1v) is 6.33. The quantitative estimate of drug-likeness (QED) is 0.807. The van der Waals surface area contributed by atoms with Crippen LogP contribution in [-0.2, 0) is 6.42 Å². The summed E-state index contributed by atoms with van der Waals surface area (Å²) in [5.74, 6) is -0.136. The lowest BCUT2D eigenvalue weighted by Crippen LogP contribution is -2.31. The molecule has 92 valence electrons. The lowest BCUT2D eigenvalue weighted by Gasteiger charge is -2.28. The zero-order valence-corrected chi connectivity index (χ0v) is 10.4. The van der Waals surface area contributed by atoms with Gasteiger partial charge in [0, 0.05) is 12.1 Å². The molecule has 1 aliphatic rings. The Hall–Kier alpha value is -1.67. The van der Waals surface area contributed by atoms with E-state index in [9.17, 15) is 4.39 Å². The predicted octanol–water partition coefficient (Wildman–Crippen LogP) is 3.37. The third-order valence-corrected chi connectivity index (χ3v) is 3.57. The largest absolute Gasteiger partial charge is 0.306 e. The summed E-state index contributed by atoms with van der Waals surface area (Å²) in [6.45, 7) is 3.00. The molecule has 0 amide bonds. The number of nitrogens with one attached hydrogen (secondary N) is 1. The number of hydrogen-bond donors (Lipinski definition) is 1. The van der Waals surface area contributed by atoms with E-state index in [0.717, 1.165) is 18.5 Å². The smallest absolute Gasteiger partial charge is 0.128 e. The van der Waals surface area contributed by atoms with Crippen molar-refractivity contribution >= 4 is 0 Å². The second kappa shape index (κ2) is 4.54. The SMILES string of the molecule is Cc1ccc2c(c1)CCNC2c1ccccc1F. The van der Waals surface area contributed by atoms with E-state index in [4.69, 9.17) is 0 Å². The van der Waals surface area contributed by atoms with Crippen molar-refractivity contribution in [2.24, 2.45) is 0 Å². The molecular formula is C16H16FN. The summed E-state index contributed by atoms with van der Waals surface area (Å²) in [5.41, 5.74) is 4.55. The number of rotatable bonds is 1. The van der Waals surface area contributed by atoms with Gasteiger partial charge in [-0.3, -0.25) is 0 Å². The monoisotopic (exact) mass is 241 g/mol. The highest BCUT2D eigenvalue weighted by Crippen LogP contribution is 2.30. The summed E-state index contributed by atoms with van der Waals surface area (Å²) in [4.78, 5) is 0. The minimum absolute atomic E-state index is 0.0180. The van der Waals surface area contributed by atoms with Crippen LogP contribution < -0.4 is 5.32 Å². The maximum Gasteiger partial charge on any atom is 0.128 e. The molecule has 2 heteroatoms. The van der Waals surface area contributed by atoms with Crippen molar-refractivity contribution < 1.29 is 4.39 Å². The molecule has 0 aromatic heterocycles. The van der Waals surface area contributed by atoms with Crippen LogP contribution in [0, 0.1) is 12.7 Å². The maximum absolute atomic E-state index is 13.9. The third kappa shape index (κ3) is 1.93. The molecule has 1 heterocycles. The molecule has 0 fully saturated rings. The number of halogens is 1. The van der Waals surface area contributed by atoms with E-state index < -0.39 is 0 Å². The summed E-state index contributed by atoms with van der Waals surface area (Å²) in [6, 6.07) is 13.4. The van der Waals surface area contributed by atoms with Crippen molar-refractivity contribution in [3.8, 4) is 0 Å². The van der Waals surface area contributed by atoms with Crippen LogP contribution in [0.5, 0.6) is 0 Å². The third-order valence-electron chi connectivity index (χ3n) is 3.57. The van der Waals surface area contributed by atoms with Crippen molar-refractivity contribution in [1.82, 2.24) is 5.32 Å². The number of aryl methyl sites for hydroxylation is 1. The van der Waals surface area contributed by atoms with Gasteiger partial charge in [-0.15, -0.1) is 0 Å². The van der Waals surface area contributed by atoms with Crippen LogP contribution in [-0.4, -0.2) is 6.54 Å². The fourth-order valence-corrected chi connectivity index (χ4v) is 2.68. The lowest BCUT2D eigenvalue weighted by atomic mass is 9.89. The second-order valence-corrected chi connectivity index (χ2v) is 4.86. The molecule has 1 N–H and O–H groups in total. The maximum atomic E-state index is 13.9. The van der Waals surface area contributed by atoms with Gasteiger partial charge in [-0.1, -0.05) is 42.0 Å². The molecule has 2 aromatic rings. The van der Waals surface area contributed by atoms with E-state index in [1.54, 1.807) is 6.07 Å². The molecule has 1 aliphatic heterocycles. The highest BCUT2D eigenvalue weighted by atomic mass is 19.1. The van der Waals surface area contributed by atoms with Crippen LogP contribution in [0.15, 0.2) is 42.5 Å². The second-order valence-electron chi connectivity index (χ2n) is 4.86. The molecule has 3 rings (SSSR count). The Balaban J connectivity index is 2.09. The average molecular weight is 241 g/mol. The molecule has 2 aromatic carbocycles. The molecule has 0 saturated carbocycles. The molecule has 1 atom stereocenters. The van der Waals surface area contributed by atoms with Crippen LogP contribution in [0.25, 0.3) is 0 Å². The van der Waals surface area contributed by atoms with E-state index in [1.807, 2.05) is 12.1 Å². The summed E-state index contributed by atoms with van der Waals surface area (Å²) in [7, 11) is 0. The van der Waals surface area contributed by atoms with Gasteiger partial charge >= 0.3 is 0 Å². The Labute approximate surface area is 107 Å². The van der Waals surface area contributed by atoms with Crippen molar-refractivity contribution in [2.45, 2.75) is 19.4 Å². The van der Waals surface area contributed by atoms with Gasteiger partial charge in [-0.2, -0.15) is 0 Å². The standard InChI is InChI=1S/C16H16FN/c1-11-6-7-13-12(10-11)8-9-18-16(13)14-4-2-3-5-15(14)17/h2-7,10,16,18H,8-9H2,1H3. The molecule has 0 spiro atoms. The highest BCUT2D eigenvalue weighted by Gasteiger charge is 2.23. The van der Waals surface area contributed by atoms with E-state index >= 15 is 0 Å². The zero-order valence-electron chi connectivity index (χ0n) is 10.4. The van der Waals surface area contributed by atoms with Gasteiger partial charge in [0.25, 0.3) is 0 Å². The Morgan fingerprint density at radius 2 is 1.94 bits per heavy atom. The first kappa shape index (κ1) is 11.4. The van der Waals surface area contributed by atoms with E-state index in [1.165, 1.54) is 22.8 Å². The van der Waals surface area contributed by atoms with Gasteiger partial charge < -0.3 is 5.32 Å². The Kier molecular flexibility index (Phi) is 2.88. The van der Waals surface area contributed by atoms with E-state index in [0.29, 0.717) is 0 Å². The molecule has 0 aliphatic carbocycles. The van der Waals surface area contributed by atoms with Crippen LogP contribution in [0.1, 0.15) is 28.3 Å². The van der Waals surface area contributed by atoms with Crippen molar-refractivity contribution in [1.29, 1.82) is 0 Å². The lowest BCUT2D eigenvalue weighted by molar-refractivity contribution is 0.528. The van der Waals surface area contributed by atoms with Crippen molar-refractivity contribution in [2.75, 3.05) is 6.54 Å². The summed E-state index contributed by atoms with van der Waals surface area (Å²) in [5, 5.41) is 3.41. The number of fused-ring (bicyclic) bond motifs is 1. The fourth-order valence-electron chi connectivity index (χ4n) is 2.68. The molecule has 1 nitrogen and oxygen atoms in total. The van der Waals surface area contributed by atoms with E-state index in [2.05, 4.69) is 30.4 Å². The minimum Gasteiger partial charge on any atom is -0.306 e. The molecule has 0 radical (unpaired) electrons. The molecule has 18 heavy (non-hydrogen) atoms. The van der Waals surface area contributed by atoms with Crippen LogP contribution in [0.4, 0.5) is 4.39 Å². The zero-order chi connectivity index (χ0) is 12.5. The predicted molar refractivity (Wildman–Crippen MR) is 71.1 cm³/mol. The molecule has 0 saturated heterocycles. The first-order valence-electron chi connectivity index (χ1n) is 6.33. The minimum atomic E-state index is -0.136. The van der Waals surface area contributed by atoms with Gasteiger partial charge in [0.15, 0.2) is 0 Å². The van der Waals surface area contributed by atoms with Gasteiger partial charge in [0.1, 0.15) is 5.82 Å². The van der Waals surface area contributed by atoms with Crippen LogP contribution in [0.2, 0.25) is 0 Å². The Morgan fingerprint density at radius 1 is 1.11 bits per heavy atom. The molecular weight excluding hydrogens is 225 g/mol. The molecule has 1 unspecified atom stereocenters. The first-order chi connectivity index (χ1) is 8.75. The highest BCUT2D eigenvalue weighted by molar-refractivity contribution is 5.41. The van der Waals surface area contributed by atoms with Crippen molar-refractivity contribution in [3.05, 3.63) is 70.5 Å². The van der Waals surface area contributed by atoms with Gasteiger partial charge in [-0.25, -0.2) is 4.39 Å². The van der Waals surface area contributed by atoms with Crippen LogP contribution in [0.3, 0.4) is 0 Å². The topological polar surface area (TPSA) is 12.0 Å². The normalized spacial score (nSPS) is 18.4. The van der Waals surface area contributed by atoms with Crippen LogP contribution >= 0.6 is 0 Å². The fraction of sp³-hybridized carbons (Fsp3) is 0.250. The number of benzene rings is 2. The van der Waals surface area contributed by atoms with E-state index in [-0.39, 0.29) is 11.9 Å². The average Bonchev–Trinajstić information content (AvgIpc) is 2.38. The van der Waals surface area contributed by atoms with Gasteiger partial charge in [-0.05, 0) is 30.5 Å². The van der Waals surface area contributed by atoms with Crippen molar-refractivity contribution in [3.63, 3.8) is 0 Å². The summed E-state index contributed by atoms with van der Waals surface area (Å²) < 4.78 is 13.9. The summed E-state index contributed by atoms with van der Waals surface area (Å²) in [6.07, 6.45) is 1.02. The molecule has 0 bridgehead atoms. The van der Waals surface area contributed by atoms with Gasteiger partial charge in [0.05, 0.1) is 6.04 Å². The number of hydrogen-bond acceptors (Lipinski definition) is 1. The Bertz CT molecular complexity index is 577. The Morgan fingerprint density at radius 3 is 2.78 bits per heavy atom. The van der Waals surface area contributed by atoms with Gasteiger partial charge in [0.2, 0.25) is 0 Å². The summed E-state index contributed by atoms with van der Waals surface area (Å²) >= 11 is 0.